The molecule has 0 radical (unpaired) electrons. The molecule has 7 nitrogen and oxygen atoms in total. The van der Waals surface area contributed by atoms with Crippen molar-refractivity contribution in [1.29, 1.82) is 0 Å². The monoisotopic (exact) mass is 423 g/mol. The van der Waals surface area contributed by atoms with Crippen molar-refractivity contribution < 1.29 is 17.2 Å². The van der Waals surface area contributed by atoms with Gasteiger partial charge in [-0.1, -0.05) is 0 Å². The van der Waals surface area contributed by atoms with E-state index >= 15 is 0 Å². The first kappa shape index (κ1) is 20.0. The van der Waals surface area contributed by atoms with Gasteiger partial charge in [-0.2, -0.15) is 4.31 Å². The Balaban J connectivity index is 1.48. The highest BCUT2D eigenvalue weighted by Crippen LogP contribution is 2.25. The summed E-state index contributed by atoms with van der Waals surface area (Å²) in [4.78, 5) is 13.1. The van der Waals surface area contributed by atoms with E-state index in [0.29, 0.717) is 18.9 Å². The lowest BCUT2D eigenvalue weighted by molar-refractivity contribution is 0.383. The lowest BCUT2D eigenvalue weighted by Crippen LogP contribution is -2.49. The molecule has 0 amide bonds. The van der Waals surface area contributed by atoms with Crippen LogP contribution in [0.4, 0.5) is 20.4 Å². The molecular formula is C19H23F2N5O2S. The number of sulfonamides is 1. The molecule has 0 spiro atoms. The van der Waals surface area contributed by atoms with Crippen molar-refractivity contribution in [3.8, 4) is 0 Å². The first-order chi connectivity index (χ1) is 13.8. The van der Waals surface area contributed by atoms with Crippen LogP contribution in [0.5, 0.6) is 0 Å². The molecule has 2 saturated heterocycles. The van der Waals surface area contributed by atoms with E-state index in [9.17, 15) is 17.2 Å². The summed E-state index contributed by atoms with van der Waals surface area (Å²) in [5.41, 5.74) is 0. The number of hydrogen-bond donors (Lipinski definition) is 0. The van der Waals surface area contributed by atoms with Crippen LogP contribution in [0.25, 0.3) is 0 Å². The van der Waals surface area contributed by atoms with Gasteiger partial charge in [0.15, 0.2) is 11.6 Å². The SMILES string of the molecule is Cc1nc(N2CCCC2)cc(N2CCN(S(=O)(=O)c3ccc(F)c(F)c3)CC2)n1. The molecule has 1 aromatic heterocycles. The molecule has 29 heavy (non-hydrogen) atoms. The van der Waals surface area contributed by atoms with Gasteiger partial charge >= 0.3 is 0 Å². The summed E-state index contributed by atoms with van der Waals surface area (Å²) in [6.07, 6.45) is 2.30. The Morgan fingerprint density at radius 3 is 2.00 bits per heavy atom. The molecule has 156 valence electrons. The van der Waals surface area contributed by atoms with Gasteiger partial charge in [0.25, 0.3) is 0 Å². The summed E-state index contributed by atoms with van der Waals surface area (Å²) in [6, 6.07) is 4.61. The Morgan fingerprint density at radius 1 is 0.828 bits per heavy atom. The number of halogens is 2. The van der Waals surface area contributed by atoms with Crippen molar-refractivity contribution in [3.05, 3.63) is 41.7 Å². The second-order valence-corrected chi connectivity index (χ2v) is 9.23. The van der Waals surface area contributed by atoms with Gasteiger partial charge in [0, 0.05) is 45.3 Å². The van der Waals surface area contributed by atoms with Gasteiger partial charge in [-0.3, -0.25) is 0 Å². The topological polar surface area (TPSA) is 69.6 Å². The Kier molecular flexibility index (Phi) is 5.39. The van der Waals surface area contributed by atoms with Crippen LogP contribution in [0.1, 0.15) is 18.7 Å². The third kappa shape index (κ3) is 4.04. The lowest BCUT2D eigenvalue weighted by atomic mass is 10.3. The van der Waals surface area contributed by atoms with Crippen molar-refractivity contribution in [3.63, 3.8) is 0 Å². The number of piperazine rings is 1. The van der Waals surface area contributed by atoms with E-state index in [2.05, 4.69) is 14.9 Å². The van der Waals surface area contributed by atoms with Gasteiger partial charge in [0.05, 0.1) is 4.90 Å². The molecule has 0 N–H and O–H groups in total. The maximum atomic E-state index is 13.5. The fourth-order valence-corrected chi connectivity index (χ4v) is 5.19. The Labute approximate surface area is 169 Å². The maximum absolute atomic E-state index is 13.5. The van der Waals surface area contributed by atoms with Crippen molar-refractivity contribution in [2.24, 2.45) is 0 Å². The zero-order valence-corrected chi connectivity index (χ0v) is 17.0. The molecule has 1 aromatic carbocycles. The highest BCUT2D eigenvalue weighted by atomic mass is 32.2. The lowest BCUT2D eigenvalue weighted by Gasteiger charge is -2.35. The number of anilines is 2. The predicted octanol–water partition coefficient (Wildman–Crippen LogP) is 2.17. The number of rotatable bonds is 4. The Hall–Kier alpha value is -2.33. The fraction of sp³-hybridized carbons (Fsp3) is 0.474. The molecule has 4 rings (SSSR count). The van der Waals surface area contributed by atoms with Crippen molar-refractivity contribution >= 4 is 21.7 Å². The number of aromatic nitrogens is 2. The molecule has 0 unspecified atom stereocenters. The molecule has 2 aromatic rings. The summed E-state index contributed by atoms with van der Waals surface area (Å²) in [5.74, 6) is 0.129. The van der Waals surface area contributed by atoms with Crippen LogP contribution in [-0.4, -0.2) is 62.0 Å². The fourth-order valence-electron chi connectivity index (χ4n) is 3.75. The van der Waals surface area contributed by atoms with Crippen LogP contribution in [0.15, 0.2) is 29.2 Å². The van der Waals surface area contributed by atoms with Gasteiger partial charge in [0.2, 0.25) is 10.0 Å². The minimum Gasteiger partial charge on any atom is -0.356 e. The minimum atomic E-state index is -3.88. The van der Waals surface area contributed by atoms with Crippen molar-refractivity contribution in [2.45, 2.75) is 24.7 Å². The van der Waals surface area contributed by atoms with Crippen LogP contribution in [0, 0.1) is 18.6 Å². The predicted molar refractivity (Wildman–Crippen MR) is 106 cm³/mol. The summed E-state index contributed by atoms with van der Waals surface area (Å²) in [5, 5.41) is 0. The largest absolute Gasteiger partial charge is 0.356 e. The van der Waals surface area contributed by atoms with Crippen LogP contribution >= 0.6 is 0 Å². The second-order valence-electron chi connectivity index (χ2n) is 7.29. The highest BCUT2D eigenvalue weighted by molar-refractivity contribution is 7.89. The summed E-state index contributed by atoms with van der Waals surface area (Å²) in [6.45, 7) is 5.21. The molecule has 0 saturated carbocycles. The molecule has 2 aliphatic heterocycles. The molecule has 10 heteroatoms. The minimum absolute atomic E-state index is 0.237. The molecule has 2 aliphatic rings. The van der Waals surface area contributed by atoms with Crippen LogP contribution in [0.2, 0.25) is 0 Å². The van der Waals surface area contributed by atoms with Gasteiger partial charge in [-0.15, -0.1) is 0 Å². The molecular weight excluding hydrogens is 400 g/mol. The average molecular weight is 423 g/mol. The maximum Gasteiger partial charge on any atom is 0.243 e. The first-order valence-electron chi connectivity index (χ1n) is 9.65. The molecule has 0 aliphatic carbocycles. The summed E-state index contributed by atoms with van der Waals surface area (Å²) in [7, 11) is -3.88. The Bertz CT molecular complexity index is 1000. The van der Waals surface area contributed by atoms with Crippen LogP contribution in [-0.2, 0) is 10.0 Å². The Morgan fingerprint density at radius 2 is 1.41 bits per heavy atom. The molecule has 2 fully saturated rings. The molecule has 0 atom stereocenters. The standard InChI is InChI=1S/C19H23F2N5O2S/c1-14-22-18(24-6-2-3-7-24)13-19(23-14)25-8-10-26(11-9-25)29(27,28)15-4-5-16(20)17(21)12-15/h4-5,12-13H,2-3,6-11H2,1H3. The van der Waals surface area contributed by atoms with E-state index in [1.54, 1.807) is 0 Å². The quantitative estimate of drug-likeness (QED) is 0.751. The third-order valence-corrected chi connectivity index (χ3v) is 7.23. The number of nitrogens with zero attached hydrogens (tertiary/aromatic N) is 5. The van der Waals surface area contributed by atoms with Crippen LogP contribution < -0.4 is 9.80 Å². The first-order valence-corrected chi connectivity index (χ1v) is 11.1. The van der Waals surface area contributed by atoms with E-state index in [-0.39, 0.29) is 18.0 Å². The highest BCUT2D eigenvalue weighted by Gasteiger charge is 2.30. The zero-order valence-electron chi connectivity index (χ0n) is 16.2. The molecule has 0 bridgehead atoms. The van der Waals surface area contributed by atoms with Gasteiger partial charge < -0.3 is 9.80 Å². The third-order valence-electron chi connectivity index (χ3n) is 5.33. The zero-order chi connectivity index (χ0) is 20.6. The normalized spacial score (nSPS) is 18.4. The number of aryl methyl sites for hydroxylation is 1. The number of benzene rings is 1. The van der Waals surface area contributed by atoms with Gasteiger partial charge in [-0.25, -0.2) is 27.2 Å². The van der Waals surface area contributed by atoms with Gasteiger partial charge in [0.1, 0.15) is 17.5 Å². The van der Waals surface area contributed by atoms with Crippen molar-refractivity contribution in [1.82, 2.24) is 14.3 Å². The van der Waals surface area contributed by atoms with Crippen molar-refractivity contribution in [2.75, 3.05) is 49.1 Å². The van der Waals surface area contributed by atoms with Gasteiger partial charge in [-0.05, 0) is 38.0 Å². The van der Waals surface area contributed by atoms with E-state index < -0.39 is 21.7 Å². The van der Waals surface area contributed by atoms with E-state index in [4.69, 9.17) is 0 Å². The van der Waals surface area contributed by atoms with Crippen LogP contribution in [0.3, 0.4) is 0 Å². The second kappa shape index (κ2) is 7.83. The molecule has 3 heterocycles. The summed E-state index contributed by atoms with van der Waals surface area (Å²) < 4.78 is 53.4. The average Bonchev–Trinajstić information content (AvgIpc) is 3.24. The smallest absolute Gasteiger partial charge is 0.243 e. The van der Waals surface area contributed by atoms with E-state index in [1.165, 1.54) is 4.31 Å². The van der Waals surface area contributed by atoms with E-state index in [0.717, 1.165) is 55.8 Å². The summed E-state index contributed by atoms with van der Waals surface area (Å²) >= 11 is 0. The number of hydrogen-bond acceptors (Lipinski definition) is 6. The van der Waals surface area contributed by atoms with E-state index in [1.807, 2.05) is 17.9 Å².